The van der Waals surface area contributed by atoms with Crippen molar-refractivity contribution >= 4 is 5.91 Å². The fourth-order valence-electron chi connectivity index (χ4n) is 8.80. The summed E-state index contributed by atoms with van der Waals surface area (Å²) in [6, 6.07) is -1.02. The van der Waals surface area contributed by atoms with Crippen LogP contribution in [-0.2, 0) is 33.2 Å². The van der Waals surface area contributed by atoms with Gasteiger partial charge in [0, 0.05) is 6.42 Å². The first-order valence-corrected chi connectivity index (χ1v) is 27.8. The lowest BCUT2D eigenvalue weighted by Crippen LogP contribution is -2.66. The SMILES string of the molecule is CC/C=C\C/C=C\C/C=C\C/C=C\CCCCC(=O)NC(COC1OC(CO)C(OC2OC(CO)C(OC3OC(CO)C(O)C(O)C3O)C(O)C2O)C(O)C1O)C(O)/C=C/CC/C=C/CC/C=C/CCCCCCCC. The molecule has 436 valence electrons. The molecule has 3 heterocycles. The second kappa shape index (κ2) is 40.2. The highest BCUT2D eigenvalue weighted by Gasteiger charge is 2.53. The zero-order chi connectivity index (χ0) is 55.5. The number of hydrogen-bond donors (Lipinski definition) is 12. The van der Waals surface area contributed by atoms with E-state index >= 15 is 0 Å². The first-order valence-electron chi connectivity index (χ1n) is 27.8. The molecule has 0 aliphatic carbocycles. The van der Waals surface area contributed by atoms with Crippen molar-refractivity contribution in [3.8, 4) is 0 Å². The molecule has 19 heteroatoms. The third-order valence-electron chi connectivity index (χ3n) is 13.4. The van der Waals surface area contributed by atoms with Gasteiger partial charge >= 0.3 is 0 Å². The van der Waals surface area contributed by atoms with Crippen LogP contribution >= 0.6 is 0 Å². The Morgan fingerprint density at radius 2 is 0.921 bits per heavy atom. The average molecular weight is 1080 g/mol. The number of carbonyl (C=O) groups excluding carboxylic acids is 1. The lowest BCUT2D eigenvalue weighted by molar-refractivity contribution is -0.379. The van der Waals surface area contributed by atoms with E-state index in [2.05, 4.69) is 92.1 Å². The van der Waals surface area contributed by atoms with Gasteiger partial charge in [0.2, 0.25) is 5.91 Å². The Labute approximate surface area is 450 Å². The van der Waals surface area contributed by atoms with Crippen molar-refractivity contribution < 1.29 is 89.4 Å². The van der Waals surface area contributed by atoms with Crippen LogP contribution in [0.3, 0.4) is 0 Å². The number of ether oxygens (including phenoxy) is 6. The lowest BCUT2D eigenvalue weighted by atomic mass is 9.96. The summed E-state index contributed by atoms with van der Waals surface area (Å²) in [6.45, 7) is 1.49. The maximum absolute atomic E-state index is 13.3. The van der Waals surface area contributed by atoms with Gasteiger partial charge in [-0.2, -0.15) is 0 Å². The molecule has 19 nitrogen and oxygen atoms in total. The molecule has 3 aliphatic heterocycles. The Balaban J connectivity index is 1.57. The van der Waals surface area contributed by atoms with E-state index < -0.39 is 131 Å². The van der Waals surface area contributed by atoms with Crippen molar-refractivity contribution in [3.63, 3.8) is 0 Å². The summed E-state index contributed by atoms with van der Waals surface area (Å²) in [4.78, 5) is 13.3. The van der Waals surface area contributed by atoms with E-state index in [1.165, 1.54) is 38.5 Å². The number of carbonyl (C=O) groups is 1. The molecule has 0 spiro atoms. The Bertz CT molecular complexity index is 1720. The van der Waals surface area contributed by atoms with Gasteiger partial charge in [0.15, 0.2) is 18.9 Å². The van der Waals surface area contributed by atoms with Gasteiger partial charge in [-0.15, -0.1) is 0 Å². The summed E-state index contributed by atoms with van der Waals surface area (Å²) >= 11 is 0. The number of hydrogen-bond acceptors (Lipinski definition) is 18. The summed E-state index contributed by atoms with van der Waals surface area (Å²) < 4.78 is 34.1. The molecule has 76 heavy (non-hydrogen) atoms. The molecule has 1 amide bonds. The fourth-order valence-corrected chi connectivity index (χ4v) is 8.80. The molecule has 3 aliphatic rings. The maximum atomic E-state index is 13.3. The number of amides is 1. The third-order valence-corrected chi connectivity index (χ3v) is 13.4. The van der Waals surface area contributed by atoms with Gasteiger partial charge in [-0.1, -0.05) is 131 Å². The highest BCUT2D eigenvalue weighted by atomic mass is 16.8. The van der Waals surface area contributed by atoms with Gasteiger partial charge in [-0.05, 0) is 83.5 Å². The molecule has 0 saturated carbocycles. The first-order chi connectivity index (χ1) is 36.8. The van der Waals surface area contributed by atoms with E-state index in [9.17, 15) is 61.0 Å². The molecule has 0 aromatic rings. The molecule has 0 aromatic heterocycles. The Hall–Kier alpha value is -3.03. The van der Waals surface area contributed by atoms with E-state index in [0.717, 1.165) is 64.2 Å². The predicted octanol–water partition coefficient (Wildman–Crippen LogP) is 3.64. The van der Waals surface area contributed by atoms with Crippen molar-refractivity contribution in [2.75, 3.05) is 26.4 Å². The van der Waals surface area contributed by atoms with Crippen LogP contribution in [0.4, 0.5) is 0 Å². The van der Waals surface area contributed by atoms with Gasteiger partial charge in [0.1, 0.15) is 73.2 Å². The van der Waals surface area contributed by atoms with Crippen LogP contribution in [0, 0.1) is 0 Å². The summed E-state index contributed by atoms with van der Waals surface area (Å²) in [6.07, 6.45) is 20.1. The molecular weight excluding hydrogens is 987 g/mol. The second-order valence-electron chi connectivity index (χ2n) is 19.6. The molecule has 17 unspecified atom stereocenters. The van der Waals surface area contributed by atoms with E-state index in [-0.39, 0.29) is 12.3 Å². The van der Waals surface area contributed by atoms with Crippen LogP contribution in [0.5, 0.6) is 0 Å². The summed E-state index contributed by atoms with van der Waals surface area (Å²) in [7, 11) is 0. The zero-order valence-electron chi connectivity index (χ0n) is 44.9. The number of allylic oxidation sites excluding steroid dienone is 13. The van der Waals surface area contributed by atoms with E-state index in [1.807, 2.05) is 6.08 Å². The van der Waals surface area contributed by atoms with Crippen molar-refractivity contribution in [2.45, 2.75) is 240 Å². The van der Waals surface area contributed by atoms with Gasteiger partial charge in [-0.25, -0.2) is 0 Å². The highest BCUT2D eigenvalue weighted by Crippen LogP contribution is 2.33. The molecule has 3 saturated heterocycles. The Morgan fingerprint density at radius 1 is 0.487 bits per heavy atom. The number of unbranched alkanes of at least 4 members (excludes halogenated alkanes) is 10. The molecule has 12 N–H and O–H groups in total. The van der Waals surface area contributed by atoms with Gasteiger partial charge in [-0.3, -0.25) is 4.79 Å². The molecular formula is C57H95NO18. The quantitative estimate of drug-likeness (QED) is 0.0310. The molecule has 17 atom stereocenters. The Kier molecular flexibility index (Phi) is 35.6. The minimum Gasteiger partial charge on any atom is -0.394 e. The summed E-state index contributed by atoms with van der Waals surface area (Å²) in [5.41, 5.74) is 0. The largest absolute Gasteiger partial charge is 0.394 e. The summed E-state index contributed by atoms with van der Waals surface area (Å²) in [5.74, 6) is -0.336. The molecule has 0 aromatic carbocycles. The van der Waals surface area contributed by atoms with Gasteiger partial charge in [0.05, 0.1) is 38.6 Å². The van der Waals surface area contributed by atoms with Crippen molar-refractivity contribution in [1.82, 2.24) is 5.32 Å². The van der Waals surface area contributed by atoms with Crippen LogP contribution < -0.4 is 5.32 Å². The minimum absolute atomic E-state index is 0.175. The number of rotatable bonds is 38. The van der Waals surface area contributed by atoms with E-state index in [0.29, 0.717) is 12.8 Å². The third kappa shape index (κ3) is 24.5. The van der Waals surface area contributed by atoms with Gasteiger partial charge < -0.3 is 89.9 Å². The average Bonchev–Trinajstić information content (AvgIpc) is 3.41. The number of nitrogens with one attached hydrogen (secondary N) is 1. The second-order valence-corrected chi connectivity index (χ2v) is 19.6. The fraction of sp³-hybridized carbons (Fsp3) is 0.737. The molecule has 0 bridgehead atoms. The van der Waals surface area contributed by atoms with Crippen LogP contribution in [0.15, 0.2) is 85.1 Å². The number of aliphatic hydroxyl groups is 11. The topological polar surface area (TPSA) is 307 Å². The highest BCUT2D eigenvalue weighted by molar-refractivity contribution is 5.76. The van der Waals surface area contributed by atoms with Crippen LogP contribution in [0.1, 0.15) is 136 Å². The smallest absolute Gasteiger partial charge is 0.220 e. The lowest BCUT2D eigenvalue weighted by Gasteiger charge is -2.48. The van der Waals surface area contributed by atoms with Crippen molar-refractivity contribution in [1.29, 1.82) is 0 Å². The molecule has 0 radical (unpaired) electrons. The van der Waals surface area contributed by atoms with Crippen LogP contribution in [0.25, 0.3) is 0 Å². The zero-order valence-corrected chi connectivity index (χ0v) is 44.9. The maximum Gasteiger partial charge on any atom is 0.220 e. The first kappa shape index (κ1) is 67.2. The normalized spacial score (nSPS) is 31.6. The predicted molar refractivity (Wildman–Crippen MR) is 286 cm³/mol. The molecule has 3 rings (SSSR count). The van der Waals surface area contributed by atoms with Crippen LogP contribution in [0.2, 0.25) is 0 Å². The van der Waals surface area contributed by atoms with E-state index in [4.69, 9.17) is 28.4 Å². The summed E-state index contributed by atoms with van der Waals surface area (Å²) in [5, 5.41) is 120. The van der Waals surface area contributed by atoms with Gasteiger partial charge in [0.25, 0.3) is 0 Å². The monoisotopic (exact) mass is 1080 g/mol. The van der Waals surface area contributed by atoms with Crippen molar-refractivity contribution in [3.05, 3.63) is 85.1 Å². The standard InChI is InChI=1S/C57H95NO18/c1-3-5-7-9-11-13-15-17-19-21-22-24-26-28-30-32-34-41(62)40(58-45(63)35-33-31-29-27-25-23-20-18-16-14-12-10-8-6-4-2)39-71-55-51(69)48(66)53(43(37-60)73-55)76-57-52(70)49(67)54(44(38-61)74-57)75-56-50(68)47(65)46(64)42(36-59)72-56/h6,8,12,14,17-20,24-27,32,34,40-44,46-57,59-62,64-70H,3-5,7,9-11,13,15-16,21-23,28-31,33,35-39H2,1-2H3,(H,58,63)/b8-6-,14-12-,19-17+,20-18-,26-24+,27-25-,34-32+. The molecule has 3 fully saturated rings. The number of aliphatic hydroxyl groups excluding tert-OH is 11. The van der Waals surface area contributed by atoms with E-state index in [1.54, 1.807) is 6.08 Å². The van der Waals surface area contributed by atoms with Crippen LogP contribution in [-0.4, -0.2) is 193 Å². The Morgan fingerprint density at radius 3 is 1.47 bits per heavy atom. The van der Waals surface area contributed by atoms with Crippen molar-refractivity contribution in [2.24, 2.45) is 0 Å². The minimum atomic E-state index is -1.99.